The molecular formula is C17H21NO4. The van der Waals surface area contributed by atoms with Gasteiger partial charge in [-0.05, 0) is 24.8 Å². The zero-order valence-corrected chi connectivity index (χ0v) is 12.5. The van der Waals surface area contributed by atoms with Gasteiger partial charge in [-0.25, -0.2) is 0 Å². The molecule has 1 aliphatic carbocycles. The fourth-order valence-corrected chi connectivity index (χ4v) is 3.35. The maximum Gasteiger partial charge on any atom is 0.306 e. The molecule has 0 radical (unpaired) electrons. The van der Waals surface area contributed by atoms with Gasteiger partial charge < -0.3 is 14.7 Å². The van der Waals surface area contributed by atoms with E-state index in [1.54, 1.807) is 0 Å². The van der Waals surface area contributed by atoms with Gasteiger partial charge in [-0.3, -0.25) is 9.59 Å². The molecule has 2 aliphatic rings. The Bertz CT molecular complexity index is 553. The lowest BCUT2D eigenvalue weighted by atomic mass is 9.74. The van der Waals surface area contributed by atoms with Crippen LogP contribution < -0.4 is 0 Å². The van der Waals surface area contributed by atoms with Crippen molar-refractivity contribution in [2.45, 2.75) is 43.7 Å². The third-order valence-corrected chi connectivity index (χ3v) is 4.73. The summed E-state index contributed by atoms with van der Waals surface area (Å²) in [4.78, 5) is 25.5. The molecule has 1 unspecified atom stereocenters. The fraction of sp³-hybridized carbons (Fsp3) is 0.529. The third kappa shape index (κ3) is 2.99. The zero-order valence-electron chi connectivity index (χ0n) is 12.5. The first-order valence-electron chi connectivity index (χ1n) is 7.77. The summed E-state index contributed by atoms with van der Waals surface area (Å²) in [7, 11) is 0. The highest BCUT2D eigenvalue weighted by atomic mass is 16.5. The van der Waals surface area contributed by atoms with Gasteiger partial charge in [-0.2, -0.15) is 0 Å². The van der Waals surface area contributed by atoms with Crippen LogP contribution >= 0.6 is 0 Å². The standard InChI is InChI=1S/C17H21NO4/c19-15(9-13-5-2-1-3-6-13)18-11-14(10-16(20)21)22-12-17(18)7-4-8-17/h1-3,5-6,14H,4,7-12H2,(H,20,21). The molecule has 1 N–H and O–H groups in total. The molecule has 0 aromatic heterocycles. The monoisotopic (exact) mass is 303 g/mol. The molecule has 1 saturated carbocycles. The van der Waals surface area contributed by atoms with E-state index in [0.29, 0.717) is 19.6 Å². The van der Waals surface area contributed by atoms with Crippen molar-refractivity contribution >= 4 is 11.9 Å². The van der Waals surface area contributed by atoms with E-state index in [0.717, 1.165) is 24.8 Å². The molecule has 1 atom stereocenters. The molecule has 1 amide bonds. The first-order chi connectivity index (χ1) is 10.6. The highest BCUT2D eigenvalue weighted by molar-refractivity contribution is 5.80. The van der Waals surface area contributed by atoms with E-state index in [-0.39, 0.29) is 17.9 Å². The number of hydrogen-bond donors (Lipinski definition) is 1. The number of morpholine rings is 1. The Labute approximate surface area is 129 Å². The van der Waals surface area contributed by atoms with Crippen molar-refractivity contribution in [1.82, 2.24) is 4.90 Å². The fourth-order valence-electron chi connectivity index (χ4n) is 3.35. The highest BCUT2D eigenvalue weighted by Gasteiger charge is 2.48. The van der Waals surface area contributed by atoms with E-state index in [4.69, 9.17) is 9.84 Å². The summed E-state index contributed by atoms with van der Waals surface area (Å²) in [5.41, 5.74) is 0.796. The van der Waals surface area contributed by atoms with Crippen LogP contribution in [0.25, 0.3) is 0 Å². The van der Waals surface area contributed by atoms with Gasteiger partial charge in [0.15, 0.2) is 0 Å². The largest absolute Gasteiger partial charge is 0.481 e. The van der Waals surface area contributed by atoms with Crippen molar-refractivity contribution in [2.75, 3.05) is 13.2 Å². The number of rotatable bonds is 4. The quantitative estimate of drug-likeness (QED) is 0.922. The molecule has 3 rings (SSSR count). The van der Waals surface area contributed by atoms with Crippen LogP contribution in [0.15, 0.2) is 30.3 Å². The number of carboxylic acid groups (broad SMARTS) is 1. The second-order valence-electron chi connectivity index (χ2n) is 6.28. The Hall–Kier alpha value is -1.88. The van der Waals surface area contributed by atoms with Crippen molar-refractivity contribution < 1.29 is 19.4 Å². The Balaban J connectivity index is 1.72. The number of amides is 1. The number of carboxylic acids is 1. The third-order valence-electron chi connectivity index (χ3n) is 4.73. The number of benzene rings is 1. The highest BCUT2D eigenvalue weighted by Crippen LogP contribution is 2.41. The van der Waals surface area contributed by atoms with Crippen molar-refractivity contribution in [3.8, 4) is 0 Å². The Kier molecular flexibility index (Phi) is 4.16. The van der Waals surface area contributed by atoms with E-state index < -0.39 is 12.1 Å². The second kappa shape index (κ2) is 6.08. The maximum absolute atomic E-state index is 12.7. The minimum absolute atomic E-state index is 0.0504. The summed E-state index contributed by atoms with van der Waals surface area (Å²) in [5, 5.41) is 8.94. The Morgan fingerprint density at radius 2 is 2.00 bits per heavy atom. The van der Waals surface area contributed by atoms with Gasteiger partial charge in [-0.1, -0.05) is 30.3 Å². The average molecular weight is 303 g/mol. The molecule has 1 aromatic carbocycles. The first kappa shape index (κ1) is 15.0. The van der Waals surface area contributed by atoms with Crippen LogP contribution in [0.5, 0.6) is 0 Å². The van der Waals surface area contributed by atoms with Gasteiger partial charge in [-0.15, -0.1) is 0 Å². The summed E-state index contributed by atoms with van der Waals surface area (Å²) < 4.78 is 5.70. The first-order valence-corrected chi connectivity index (χ1v) is 7.77. The van der Waals surface area contributed by atoms with Crippen LogP contribution in [-0.4, -0.2) is 46.7 Å². The average Bonchev–Trinajstić information content (AvgIpc) is 2.46. The maximum atomic E-state index is 12.7. The van der Waals surface area contributed by atoms with Gasteiger partial charge in [0.25, 0.3) is 0 Å². The van der Waals surface area contributed by atoms with Crippen LogP contribution in [0.3, 0.4) is 0 Å². The second-order valence-corrected chi connectivity index (χ2v) is 6.28. The molecule has 1 aromatic rings. The van der Waals surface area contributed by atoms with Crippen LogP contribution in [0, 0.1) is 0 Å². The minimum atomic E-state index is -0.884. The number of nitrogens with zero attached hydrogens (tertiary/aromatic N) is 1. The van der Waals surface area contributed by atoms with Crippen molar-refractivity contribution in [3.05, 3.63) is 35.9 Å². The molecular weight excluding hydrogens is 282 g/mol. The zero-order chi connectivity index (χ0) is 15.6. The predicted octanol–water partition coefficient (Wildman–Crippen LogP) is 1.85. The van der Waals surface area contributed by atoms with Gasteiger partial charge >= 0.3 is 5.97 Å². The van der Waals surface area contributed by atoms with Gasteiger partial charge in [0.2, 0.25) is 5.91 Å². The molecule has 1 heterocycles. The lowest BCUT2D eigenvalue weighted by Crippen LogP contribution is -2.65. The molecule has 5 nitrogen and oxygen atoms in total. The lowest BCUT2D eigenvalue weighted by Gasteiger charge is -2.54. The number of hydrogen-bond acceptors (Lipinski definition) is 3. The molecule has 5 heteroatoms. The van der Waals surface area contributed by atoms with Crippen LogP contribution in [0.2, 0.25) is 0 Å². The summed E-state index contributed by atoms with van der Waals surface area (Å²) in [5.74, 6) is -0.811. The summed E-state index contributed by atoms with van der Waals surface area (Å²) in [6.07, 6.45) is 2.92. The van der Waals surface area contributed by atoms with Gasteiger partial charge in [0, 0.05) is 6.54 Å². The van der Waals surface area contributed by atoms with Crippen molar-refractivity contribution in [2.24, 2.45) is 0 Å². The van der Waals surface area contributed by atoms with Gasteiger partial charge in [0.1, 0.15) is 0 Å². The normalized spacial score (nSPS) is 23.1. The number of carbonyl (C=O) groups excluding carboxylic acids is 1. The van der Waals surface area contributed by atoms with E-state index in [1.165, 1.54) is 0 Å². The molecule has 1 aliphatic heterocycles. The molecule has 1 saturated heterocycles. The predicted molar refractivity (Wildman–Crippen MR) is 80.4 cm³/mol. The van der Waals surface area contributed by atoms with E-state index >= 15 is 0 Å². The van der Waals surface area contributed by atoms with Crippen molar-refractivity contribution in [1.29, 1.82) is 0 Å². The van der Waals surface area contributed by atoms with E-state index in [1.807, 2.05) is 35.2 Å². The molecule has 1 spiro atoms. The SMILES string of the molecule is O=C(O)CC1CN(C(=O)Cc2ccccc2)C2(CCC2)CO1. The Morgan fingerprint density at radius 1 is 1.27 bits per heavy atom. The van der Waals surface area contributed by atoms with Crippen LogP contribution in [0.4, 0.5) is 0 Å². The van der Waals surface area contributed by atoms with E-state index in [9.17, 15) is 9.59 Å². The van der Waals surface area contributed by atoms with Crippen LogP contribution in [0.1, 0.15) is 31.2 Å². The Morgan fingerprint density at radius 3 is 2.59 bits per heavy atom. The lowest BCUT2D eigenvalue weighted by molar-refractivity contribution is -0.174. The van der Waals surface area contributed by atoms with Crippen LogP contribution in [-0.2, 0) is 20.7 Å². The smallest absolute Gasteiger partial charge is 0.306 e. The minimum Gasteiger partial charge on any atom is -0.481 e. The number of carbonyl (C=O) groups is 2. The van der Waals surface area contributed by atoms with Gasteiger partial charge in [0.05, 0.1) is 31.1 Å². The number of ether oxygens (including phenoxy) is 1. The summed E-state index contributed by atoms with van der Waals surface area (Å²) >= 11 is 0. The molecule has 118 valence electrons. The molecule has 22 heavy (non-hydrogen) atoms. The van der Waals surface area contributed by atoms with E-state index in [2.05, 4.69) is 0 Å². The molecule has 2 fully saturated rings. The summed E-state index contributed by atoms with van der Waals surface area (Å²) in [6.45, 7) is 0.851. The topological polar surface area (TPSA) is 66.8 Å². The molecule has 0 bridgehead atoms. The van der Waals surface area contributed by atoms with Crippen molar-refractivity contribution in [3.63, 3.8) is 0 Å². The number of aliphatic carboxylic acids is 1. The summed E-state index contributed by atoms with van der Waals surface area (Å²) in [6, 6.07) is 9.67.